The molecule has 8 heteroatoms. The summed E-state index contributed by atoms with van der Waals surface area (Å²) in [6, 6.07) is 1.91. The summed E-state index contributed by atoms with van der Waals surface area (Å²) in [6.45, 7) is 2.18. The van der Waals surface area contributed by atoms with Crippen LogP contribution >= 0.6 is 0 Å². The fourth-order valence-electron chi connectivity index (χ4n) is 2.03. The van der Waals surface area contributed by atoms with Gasteiger partial charge in [-0.15, -0.1) is 10.2 Å². The van der Waals surface area contributed by atoms with Gasteiger partial charge in [0.1, 0.15) is 5.82 Å². The van der Waals surface area contributed by atoms with Crippen LogP contribution in [0.5, 0.6) is 0 Å². The molecular weight excluding hydrogens is 256 g/mol. The van der Waals surface area contributed by atoms with Gasteiger partial charge in [0.15, 0.2) is 0 Å². The van der Waals surface area contributed by atoms with E-state index >= 15 is 0 Å². The number of nitrogens with one attached hydrogen (secondary N) is 2. The minimum atomic E-state index is 0.124. The number of anilines is 1. The Morgan fingerprint density at radius 2 is 2.15 bits per heavy atom. The third-order valence-corrected chi connectivity index (χ3v) is 3.46. The molecule has 0 aliphatic heterocycles. The van der Waals surface area contributed by atoms with Gasteiger partial charge in [-0.25, -0.2) is 9.97 Å². The molecule has 1 aliphatic rings. The Bertz CT molecular complexity index is 762. The maximum absolute atomic E-state index is 4.53. The highest BCUT2D eigenvalue weighted by Crippen LogP contribution is 2.39. The van der Waals surface area contributed by atoms with E-state index in [0.717, 1.165) is 29.6 Å². The highest BCUT2D eigenvalue weighted by atomic mass is 15.5. The van der Waals surface area contributed by atoms with Crippen molar-refractivity contribution in [2.45, 2.75) is 25.3 Å². The van der Waals surface area contributed by atoms with E-state index in [1.807, 2.05) is 6.07 Å². The summed E-state index contributed by atoms with van der Waals surface area (Å²) < 4.78 is 0. The fraction of sp³-hybridized carbons (Fsp3) is 0.333. The second-order valence-electron chi connectivity index (χ2n) is 5.21. The van der Waals surface area contributed by atoms with Crippen LogP contribution in [-0.4, -0.2) is 41.1 Å². The van der Waals surface area contributed by atoms with Crippen molar-refractivity contribution in [1.82, 2.24) is 35.6 Å². The Labute approximate surface area is 114 Å². The molecule has 0 saturated heterocycles. The van der Waals surface area contributed by atoms with Crippen molar-refractivity contribution in [3.63, 3.8) is 0 Å². The van der Waals surface area contributed by atoms with Gasteiger partial charge < -0.3 is 5.32 Å². The van der Waals surface area contributed by atoms with Gasteiger partial charge in [-0.3, -0.25) is 4.98 Å². The molecule has 20 heavy (non-hydrogen) atoms. The second kappa shape index (κ2) is 3.92. The van der Waals surface area contributed by atoms with Gasteiger partial charge in [0, 0.05) is 17.1 Å². The van der Waals surface area contributed by atoms with Crippen LogP contribution in [0.2, 0.25) is 0 Å². The molecular formula is C12H12N8. The van der Waals surface area contributed by atoms with Crippen LogP contribution in [0.1, 0.15) is 19.8 Å². The minimum absolute atomic E-state index is 0.124. The summed E-state index contributed by atoms with van der Waals surface area (Å²) in [5.41, 5.74) is 0.882. The molecule has 0 unspecified atom stereocenters. The maximum Gasteiger partial charge on any atom is 0.241 e. The van der Waals surface area contributed by atoms with Crippen LogP contribution in [0.15, 0.2) is 18.5 Å². The highest BCUT2D eigenvalue weighted by Gasteiger charge is 2.38. The van der Waals surface area contributed by atoms with Crippen LogP contribution < -0.4 is 5.32 Å². The molecule has 8 nitrogen and oxygen atoms in total. The SMILES string of the molecule is CC1(Nc2nc(-c3nn[nH]n3)nc3cnccc23)CC1. The van der Waals surface area contributed by atoms with Gasteiger partial charge in [0.2, 0.25) is 11.6 Å². The lowest BCUT2D eigenvalue weighted by Crippen LogP contribution is -2.17. The number of pyridine rings is 1. The minimum Gasteiger partial charge on any atom is -0.364 e. The predicted octanol–water partition coefficient (Wildman–Crippen LogP) is 1.17. The number of H-pyrrole nitrogens is 1. The van der Waals surface area contributed by atoms with E-state index in [9.17, 15) is 0 Å². The number of aromatic nitrogens is 7. The van der Waals surface area contributed by atoms with Gasteiger partial charge in [0.25, 0.3) is 0 Å². The Hall–Kier alpha value is -2.64. The first kappa shape index (κ1) is 11.2. The predicted molar refractivity (Wildman–Crippen MR) is 71.8 cm³/mol. The molecule has 2 N–H and O–H groups in total. The molecule has 100 valence electrons. The van der Waals surface area contributed by atoms with Crippen molar-refractivity contribution >= 4 is 16.7 Å². The lowest BCUT2D eigenvalue weighted by atomic mass is 10.2. The normalized spacial score (nSPS) is 16.2. The van der Waals surface area contributed by atoms with Gasteiger partial charge in [0.05, 0.1) is 11.7 Å². The molecule has 0 aromatic carbocycles. The summed E-state index contributed by atoms with van der Waals surface area (Å²) in [5, 5.41) is 18.2. The zero-order valence-electron chi connectivity index (χ0n) is 10.8. The molecule has 4 rings (SSSR count). The molecule has 0 spiro atoms. The largest absolute Gasteiger partial charge is 0.364 e. The van der Waals surface area contributed by atoms with Crippen molar-refractivity contribution in [1.29, 1.82) is 0 Å². The highest BCUT2D eigenvalue weighted by molar-refractivity contribution is 5.89. The third kappa shape index (κ3) is 1.85. The molecule has 3 heterocycles. The smallest absolute Gasteiger partial charge is 0.241 e. The molecule has 0 bridgehead atoms. The summed E-state index contributed by atoms with van der Waals surface area (Å²) in [6.07, 6.45) is 5.73. The summed E-state index contributed by atoms with van der Waals surface area (Å²) in [5.74, 6) is 1.60. The maximum atomic E-state index is 4.53. The number of tetrazole rings is 1. The Morgan fingerprint density at radius 1 is 1.25 bits per heavy atom. The van der Waals surface area contributed by atoms with E-state index in [1.165, 1.54) is 0 Å². The average Bonchev–Trinajstić information content (AvgIpc) is 2.97. The zero-order chi connectivity index (χ0) is 13.6. The first-order valence-electron chi connectivity index (χ1n) is 6.37. The van der Waals surface area contributed by atoms with Crippen LogP contribution in [-0.2, 0) is 0 Å². The number of hydrogen-bond acceptors (Lipinski definition) is 7. The Kier molecular flexibility index (Phi) is 2.20. The first-order valence-corrected chi connectivity index (χ1v) is 6.37. The molecule has 3 aromatic heterocycles. The topological polar surface area (TPSA) is 105 Å². The first-order chi connectivity index (χ1) is 9.73. The molecule has 3 aromatic rings. The van der Waals surface area contributed by atoms with E-state index < -0.39 is 0 Å². The summed E-state index contributed by atoms with van der Waals surface area (Å²) >= 11 is 0. The Balaban J connectivity index is 1.90. The average molecular weight is 268 g/mol. The molecule has 1 saturated carbocycles. The van der Waals surface area contributed by atoms with Crippen molar-refractivity contribution in [2.75, 3.05) is 5.32 Å². The number of rotatable bonds is 3. The Morgan fingerprint density at radius 3 is 2.90 bits per heavy atom. The fourth-order valence-corrected chi connectivity index (χ4v) is 2.03. The van der Waals surface area contributed by atoms with E-state index in [4.69, 9.17) is 0 Å². The number of hydrogen-bond donors (Lipinski definition) is 2. The zero-order valence-corrected chi connectivity index (χ0v) is 10.8. The van der Waals surface area contributed by atoms with Crippen molar-refractivity contribution in [2.24, 2.45) is 0 Å². The number of aromatic amines is 1. The van der Waals surface area contributed by atoms with Gasteiger partial charge in [-0.05, 0) is 31.0 Å². The molecule has 1 aliphatic carbocycles. The van der Waals surface area contributed by atoms with Gasteiger partial charge >= 0.3 is 0 Å². The van der Waals surface area contributed by atoms with Crippen molar-refractivity contribution in [3.8, 4) is 11.6 Å². The van der Waals surface area contributed by atoms with E-state index in [2.05, 4.69) is 47.8 Å². The quantitative estimate of drug-likeness (QED) is 0.734. The van der Waals surface area contributed by atoms with E-state index in [1.54, 1.807) is 12.4 Å². The van der Waals surface area contributed by atoms with Crippen LogP contribution in [0, 0.1) is 0 Å². The van der Waals surface area contributed by atoms with Crippen molar-refractivity contribution < 1.29 is 0 Å². The standard InChI is InChI=1S/C12H12N8/c1-12(3-4-12)16-9-7-2-5-13-6-8(7)14-10(15-9)11-17-19-20-18-11/h2,5-6H,3-4H2,1H3,(H,14,15,16)(H,17,18,19,20). The third-order valence-electron chi connectivity index (χ3n) is 3.46. The second-order valence-corrected chi connectivity index (χ2v) is 5.21. The van der Waals surface area contributed by atoms with Crippen LogP contribution in [0.4, 0.5) is 5.82 Å². The lowest BCUT2D eigenvalue weighted by Gasteiger charge is -2.14. The molecule has 0 atom stereocenters. The van der Waals surface area contributed by atoms with Crippen LogP contribution in [0.3, 0.4) is 0 Å². The van der Waals surface area contributed by atoms with Crippen molar-refractivity contribution in [3.05, 3.63) is 18.5 Å². The van der Waals surface area contributed by atoms with E-state index in [-0.39, 0.29) is 5.54 Å². The molecule has 0 radical (unpaired) electrons. The van der Waals surface area contributed by atoms with Crippen LogP contribution in [0.25, 0.3) is 22.6 Å². The van der Waals surface area contributed by atoms with Gasteiger partial charge in [-0.1, -0.05) is 0 Å². The summed E-state index contributed by atoms with van der Waals surface area (Å²) in [4.78, 5) is 13.1. The molecule has 0 amide bonds. The summed E-state index contributed by atoms with van der Waals surface area (Å²) in [7, 11) is 0. The van der Waals surface area contributed by atoms with Gasteiger partial charge in [-0.2, -0.15) is 5.21 Å². The lowest BCUT2D eigenvalue weighted by molar-refractivity contribution is 0.822. The number of nitrogens with zero attached hydrogens (tertiary/aromatic N) is 6. The number of fused-ring (bicyclic) bond motifs is 1. The molecule has 1 fully saturated rings. The van der Waals surface area contributed by atoms with E-state index in [0.29, 0.717) is 11.6 Å². The monoisotopic (exact) mass is 268 g/mol.